The molecule has 0 saturated carbocycles. The third-order valence-corrected chi connectivity index (χ3v) is 4.55. The maximum atomic E-state index is 12.4. The number of aromatic nitrogens is 1. The average Bonchev–Trinajstić information content (AvgIpc) is 3.25. The monoisotopic (exact) mass is 342 g/mol. The van der Waals surface area contributed by atoms with Crippen molar-refractivity contribution in [1.29, 1.82) is 0 Å². The number of carbonyl (C=O) groups is 1. The number of benzene rings is 1. The van der Waals surface area contributed by atoms with Gasteiger partial charge in [0.25, 0.3) is 5.91 Å². The largest absolute Gasteiger partial charge is 0.455 e. The van der Waals surface area contributed by atoms with Crippen LogP contribution in [0.2, 0.25) is 0 Å². The zero-order valence-electron chi connectivity index (χ0n) is 13.6. The Bertz CT molecular complexity index is 794. The topological polar surface area (TPSA) is 59.5 Å². The summed E-state index contributed by atoms with van der Waals surface area (Å²) in [5.41, 5.74) is 1.94. The van der Waals surface area contributed by atoms with Gasteiger partial charge in [-0.25, -0.2) is 0 Å². The van der Waals surface area contributed by atoms with Gasteiger partial charge >= 0.3 is 0 Å². The van der Waals surface area contributed by atoms with E-state index in [9.17, 15) is 4.79 Å². The van der Waals surface area contributed by atoms with Gasteiger partial charge in [-0.1, -0.05) is 22.9 Å². The third kappa shape index (κ3) is 4.08. The van der Waals surface area contributed by atoms with E-state index < -0.39 is 0 Å². The number of carbonyl (C=O) groups excluding carboxylic acids is 1. The van der Waals surface area contributed by atoms with Crippen molar-refractivity contribution in [1.82, 2.24) is 10.1 Å². The van der Waals surface area contributed by atoms with Gasteiger partial charge in [0.2, 0.25) is 0 Å². The fourth-order valence-electron chi connectivity index (χ4n) is 2.18. The molecule has 6 heteroatoms. The summed E-state index contributed by atoms with van der Waals surface area (Å²) in [7, 11) is 1.71. The molecule has 0 saturated heterocycles. The van der Waals surface area contributed by atoms with Crippen molar-refractivity contribution in [3.63, 3.8) is 0 Å². The molecular weight excluding hydrogens is 324 g/mol. The van der Waals surface area contributed by atoms with E-state index in [2.05, 4.69) is 36.3 Å². The predicted octanol–water partition coefficient (Wildman–Crippen LogP) is 4.14. The van der Waals surface area contributed by atoms with Gasteiger partial charge in [0, 0.05) is 18.0 Å². The average molecular weight is 342 g/mol. The van der Waals surface area contributed by atoms with E-state index in [1.807, 2.05) is 6.07 Å². The quantitative estimate of drug-likeness (QED) is 0.630. The van der Waals surface area contributed by atoms with Crippen LogP contribution in [0.4, 0.5) is 0 Å². The molecule has 5 nitrogen and oxygen atoms in total. The SMILES string of the molecule is Cc1ccc(SCc2ccc(C(=O)N(C)Cc3ccon3)o2)cc1. The highest BCUT2D eigenvalue weighted by Gasteiger charge is 2.17. The molecule has 3 rings (SSSR count). The van der Waals surface area contributed by atoms with E-state index >= 15 is 0 Å². The van der Waals surface area contributed by atoms with E-state index in [1.165, 1.54) is 16.7 Å². The Kier molecular flexibility index (Phi) is 5.05. The Morgan fingerprint density at radius 3 is 2.67 bits per heavy atom. The summed E-state index contributed by atoms with van der Waals surface area (Å²) in [5, 5.41) is 3.80. The van der Waals surface area contributed by atoms with Gasteiger partial charge < -0.3 is 13.8 Å². The number of hydrogen-bond donors (Lipinski definition) is 0. The highest BCUT2D eigenvalue weighted by atomic mass is 32.2. The molecule has 24 heavy (non-hydrogen) atoms. The van der Waals surface area contributed by atoms with Gasteiger partial charge in [0.1, 0.15) is 17.7 Å². The smallest absolute Gasteiger partial charge is 0.289 e. The Morgan fingerprint density at radius 1 is 1.17 bits per heavy atom. The molecule has 1 aromatic carbocycles. The fourth-order valence-corrected chi connectivity index (χ4v) is 2.97. The van der Waals surface area contributed by atoms with Gasteiger partial charge in [-0.15, -0.1) is 11.8 Å². The minimum absolute atomic E-state index is 0.176. The van der Waals surface area contributed by atoms with E-state index in [0.29, 0.717) is 23.8 Å². The Labute approximate surface area is 144 Å². The van der Waals surface area contributed by atoms with Crippen LogP contribution in [0.25, 0.3) is 0 Å². The zero-order valence-corrected chi connectivity index (χ0v) is 14.4. The molecular formula is C18H18N2O3S. The van der Waals surface area contributed by atoms with Crippen molar-refractivity contribution in [3.8, 4) is 0 Å². The van der Waals surface area contributed by atoms with Gasteiger partial charge in [0.15, 0.2) is 5.76 Å². The number of amides is 1. The molecule has 2 aromatic heterocycles. The summed E-state index contributed by atoms with van der Waals surface area (Å²) in [6.45, 7) is 2.44. The highest BCUT2D eigenvalue weighted by molar-refractivity contribution is 7.98. The Morgan fingerprint density at radius 2 is 1.96 bits per heavy atom. The van der Waals surface area contributed by atoms with Crippen LogP contribution in [-0.2, 0) is 12.3 Å². The van der Waals surface area contributed by atoms with Crippen LogP contribution >= 0.6 is 11.8 Å². The Balaban J connectivity index is 1.58. The number of thioether (sulfide) groups is 1. The molecule has 3 aromatic rings. The summed E-state index contributed by atoms with van der Waals surface area (Å²) in [5.74, 6) is 1.62. The predicted molar refractivity (Wildman–Crippen MR) is 91.7 cm³/mol. The van der Waals surface area contributed by atoms with Gasteiger partial charge in [0.05, 0.1) is 12.3 Å². The minimum atomic E-state index is -0.176. The van der Waals surface area contributed by atoms with Crippen LogP contribution in [0.5, 0.6) is 0 Å². The van der Waals surface area contributed by atoms with E-state index in [1.54, 1.807) is 35.8 Å². The summed E-state index contributed by atoms with van der Waals surface area (Å²) in [6.07, 6.45) is 1.49. The Hall–Kier alpha value is -2.47. The first-order valence-electron chi connectivity index (χ1n) is 7.55. The molecule has 0 spiro atoms. The van der Waals surface area contributed by atoms with Gasteiger partial charge in [-0.3, -0.25) is 4.79 Å². The summed E-state index contributed by atoms with van der Waals surface area (Å²) < 4.78 is 10.4. The lowest BCUT2D eigenvalue weighted by Gasteiger charge is -2.13. The van der Waals surface area contributed by atoms with Crippen molar-refractivity contribution in [2.75, 3.05) is 7.05 Å². The molecule has 0 aliphatic rings. The first kappa shape index (κ1) is 16.4. The minimum Gasteiger partial charge on any atom is -0.455 e. The maximum absolute atomic E-state index is 12.4. The second-order valence-corrected chi connectivity index (χ2v) is 6.57. The third-order valence-electron chi connectivity index (χ3n) is 3.51. The summed E-state index contributed by atoms with van der Waals surface area (Å²) >= 11 is 1.68. The molecule has 124 valence electrons. The van der Waals surface area contributed by atoms with Crippen molar-refractivity contribution in [3.05, 3.63) is 71.5 Å². The molecule has 1 amide bonds. The van der Waals surface area contributed by atoms with Crippen LogP contribution in [0.15, 0.2) is 62.6 Å². The van der Waals surface area contributed by atoms with Crippen molar-refractivity contribution >= 4 is 17.7 Å². The van der Waals surface area contributed by atoms with Crippen molar-refractivity contribution in [2.24, 2.45) is 0 Å². The molecule has 0 radical (unpaired) electrons. The van der Waals surface area contributed by atoms with Crippen molar-refractivity contribution < 1.29 is 13.7 Å². The van der Waals surface area contributed by atoms with Crippen molar-refractivity contribution in [2.45, 2.75) is 24.1 Å². The molecule has 0 N–H and O–H groups in total. The second-order valence-electron chi connectivity index (χ2n) is 5.52. The van der Waals surface area contributed by atoms with Crippen LogP contribution in [-0.4, -0.2) is 23.0 Å². The number of rotatable bonds is 6. The normalized spacial score (nSPS) is 10.8. The molecule has 2 heterocycles. The number of hydrogen-bond acceptors (Lipinski definition) is 5. The standard InChI is InChI=1S/C18H18N2O3S/c1-13-3-6-16(7-4-13)24-12-15-5-8-17(23-15)18(21)20(2)11-14-9-10-22-19-14/h3-10H,11-12H2,1-2H3. The second kappa shape index (κ2) is 7.40. The lowest BCUT2D eigenvalue weighted by Crippen LogP contribution is -2.25. The molecule has 0 bridgehead atoms. The van der Waals surface area contributed by atoms with E-state index in [-0.39, 0.29) is 5.91 Å². The maximum Gasteiger partial charge on any atom is 0.289 e. The summed E-state index contributed by atoms with van der Waals surface area (Å²) in [4.78, 5) is 15.1. The van der Waals surface area contributed by atoms with Gasteiger partial charge in [-0.05, 0) is 31.2 Å². The molecule has 0 aliphatic heterocycles. The molecule has 0 fully saturated rings. The lowest BCUT2D eigenvalue weighted by molar-refractivity contribution is 0.0749. The van der Waals surface area contributed by atoms with Crippen LogP contribution < -0.4 is 0 Å². The van der Waals surface area contributed by atoms with E-state index in [4.69, 9.17) is 8.94 Å². The molecule has 0 aliphatic carbocycles. The van der Waals surface area contributed by atoms with Crippen LogP contribution in [0.3, 0.4) is 0 Å². The number of nitrogens with zero attached hydrogens (tertiary/aromatic N) is 2. The molecule has 0 atom stereocenters. The van der Waals surface area contributed by atoms with Gasteiger partial charge in [-0.2, -0.15) is 0 Å². The molecule has 0 unspecified atom stereocenters. The number of furan rings is 1. The first-order chi connectivity index (χ1) is 11.6. The highest BCUT2D eigenvalue weighted by Crippen LogP contribution is 2.24. The number of aryl methyl sites for hydroxylation is 1. The fraction of sp³-hybridized carbons (Fsp3) is 0.222. The van der Waals surface area contributed by atoms with Crippen LogP contribution in [0, 0.1) is 6.92 Å². The first-order valence-corrected chi connectivity index (χ1v) is 8.53. The lowest BCUT2D eigenvalue weighted by atomic mass is 10.2. The van der Waals surface area contributed by atoms with Crippen LogP contribution in [0.1, 0.15) is 27.6 Å². The zero-order chi connectivity index (χ0) is 16.9. The summed E-state index contributed by atoms with van der Waals surface area (Å²) in [6, 6.07) is 13.6. The van der Waals surface area contributed by atoms with E-state index in [0.717, 1.165) is 5.76 Å².